The molecule has 0 radical (unpaired) electrons. The van der Waals surface area contributed by atoms with Gasteiger partial charge < -0.3 is 25.8 Å². The quantitative estimate of drug-likeness (QED) is 0.520. The number of rotatable bonds is 6. The van der Waals surface area contributed by atoms with E-state index in [1.165, 1.54) is 10.9 Å². The van der Waals surface area contributed by atoms with Crippen LogP contribution >= 0.6 is 0 Å². The predicted molar refractivity (Wildman–Crippen MR) is 142 cm³/mol. The van der Waals surface area contributed by atoms with Gasteiger partial charge in [0.2, 0.25) is 0 Å². The molecule has 0 saturated heterocycles. The van der Waals surface area contributed by atoms with Crippen molar-refractivity contribution in [3.05, 3.63) is 83.7 Å². The Kier molecular flexibility index (Phi) is 7.91. The maximum Gasteiger partial charge on any atom is 0.407 e. The molecule has 0 bridgehead atoms. The molecule has 4 rings (SSSR count). The lowest BCUT2D eigenvalue weighted by Gasteiger charge is -2.47. The van der Waals surface area contributed by atoms with Crippen molar-refractivity contribution in [2.24, 2.45) is 5.73 Å². The maximum absolute atomic E-state index is 15.0. The van der Waals surface area contributed by atoms with Crippen LogP contribution in [0.1, 0.15) is 64.6 Å². The summed E-state index contributed by atoms with van der Waals surface area (Å²) in [7, 11) is 0. The average Bonchev–Trinajstić information content (AvgIpc) is 3.36. The molecule has 0 aliphatic heterocycles. The van der Waals surface area contributed by atoms with Crippen LogP contribution in [0.25, 0.3) is 0 Å². The third-order valence-electron chi connectivity index (χ3n) is 6.95. The Balaban J connectivity index is 1.73. The van der Waals surface area contributed by atoms with E-state index in [1.54, 1.807) is 57.4 Å². The number of allylic oxidation sites excluding steroid dienone is 3. The maximum atomic E-state index is 15.0. The second-order valence-electron chi connectivity index (χ2n) is 10.9. The number of hydrogen-bond donors (Lipinski definition) is 3. The van der Waals surface area contributed by atoms with Gasteiger partial charge in [-0.1, -0.05) is 24.8 Å². The summed E-state index contributed by atoms with van der Waals surface area (Å²) in [4.78, 5) is 16.0. The number of nitrogens with two attached hydrogens (primary N) is 1. The van der Waals surface area contributed by atoms with E-state index >= 15 is 4.39 Å². The smallest absolute Gasteiger partial charge is 0.407 e. The minimum Gasteiger partial charge on any atom is -0.444 e. The summed E-state index contributed by atoms with van der Waals surface area (Å²) in [5.74, 6) is -0.354. The fourth-order valence-corrected chi connectivity index (χ4v) is 5.25. The molecule has 4 N–H and O–H groups in total. The molecule has 9 nitrogen and oxygen atoms in total. The van der Waals surface area contributed by atoms with Gasteiger partial charge in [-0.15, -0.1) is 0 Å². The van der Waals surface area contributed by atoms with Gasteiger partial charge in [0.15, 0.2) is 0 Å². The number of hydrogen-bond acceptors (Lipinski definition) is 7. The van der Waals surface area contributed by atoms with Gasteiger partial charge in [0.1, 0.15) is 17.5 Å². The van der Waals surface area contributed by atoms with Gasteiger partial charge in [0.25, 0.3) is 0 Å². The first-order valence-corrected chi connectivity index (χ1v) is 12.9. The fourth-order valence-electron chi connectivity index (χ4n) is 5.25. The number of benzene rings is 1. The molecule has 1 fully saturated rings. The number of ether oxygens (including phenoxy) is 1. The van der Waals surface area contributed by atoms with E-state index in [4.69, 9.17) is 10.5 Å². The fraction of sp³-hybridized carbons (Fsp3) is 0.464. The van der Waals surface area contributed by atoms with Crippen LogP contribution in [0.5, 0.6) is 0 Å². The Bertz CT molecular complexity index is 1220. The van der Waals surface area contributed by atoms with Crippen molar-refractivity contribution >= 4 is 6.09 Å². The van der Waals surface area contributed by atoms with Crippen LogP contribution in [-0.4, -0.2) is 54.9 Å². The van der Waals surface area contributed by atoms with Gasteiger partial charge in [-0.25, -0.2) is 9.18 Å². The van der Waals surface area contributed by atoms with Gasteiger partial charge in [0.05, 0.1) is 48.0 Å². The lowest BCUT2D eigenvalue weighted by Crippen LogP contribution is -2.57. The molecule has 204 valence electrons. The number of carbonyl (C=O) groups excluding carboxylic acids is 1. The van der Waals surface area contributed by atoms with E-state index in [1.807, 2.05) is 17.9 Å². The number of aromatic nitrogens is 3. The van der Waals surface area contributed by atoms with Crippen LogP contribution in [0.4, 0.5) is 9.18 Å². The Morgan fingerprint density at radius 3 is 2.63 bits per heavy atom. The number of nitrogens with one attached hydrogen (secondary N) is 1. The topological polar surface area (TPSA) is 119 Å². The number of halogens is 1. The number of nitrogens with zero attached hydrogens (tertiary/aromatic N) is 4. The SMILES string of the molecule is C=C1C=C(N)C(N(C(C)c2ccccc2F)C2CCCC(NC(=O)OC(C)(C)C)[C@H]2O)=CC1n1nccn1. The number of aliphatic hydroxyl groups is 1. The van der Waals surface area contributed by atoms with Gasteiger partial charge in [-0.3, -0.25) is 0 Å². The average molecular weight is 525 g/mol. The Morgan fingerprint density at radius 2 is 1.97 bits per heavy atom. The highest BCUT2D eigenvalue weighted by Crippen LogP contribution is 2.39. The highest BCUT2D eigenvalue weighted by molar-refractivity contribution is 5.68. The van der Waals surface area contributed by atoms with Crippen LogP contribution in [-0.2, 0) is 4.74 Å². The van der Waals surface area contributed by atoms with Gasteiger partial charge >= 0.3 is 6.09 Å². The second-order valence-corrected chi connectivity index (χ2v) is 10.9. The Hall–Kier alpha value is -3.66. The minimum absolute atomic E-state index is 0.354. The van der Waals surface area contributed by atoms with Crippen molar-refractivity contribution in [1.82, 2.24) is 25.2 Å². The van der Waals surface area contributed by atoms with Crippen molar-refractivity contribution in [3.8, 4) is 0 Å². The first-order chi connectivity index (χ1) is 18.0. The zero-order chi connectivity index (χ0) is 27.6. The van der Waals surface area contributed by atoms with Crippen LogP contribution < -0.4 is 11.1 Å². The van der Waals surface area contributed by atoms with Crippen molar-refractivity contribution < 1.29 is 19.0 Å². The molecule has 4 unspecified atom stereocenters. The molecule has 2 aliphatic rings. The first-order valence-electron chi connectivity index (χ1n) is 12.9. The molecule has 1 aromatic heterocycles. The Labute approximate surface area is 222 Å². The normalized spacial score (nSPS) is 24.7. The van der Waals surface area contributed by atoms with Crippen molar-refractivity contribution in [3.63, 3.8) is 0 Å². The monoisotopic (exact) mass is 524 g/mol. The van der Waals surface area contributed by atoms with E-state index in [9.17, 15) is 9.90 Å². The largest absolute Gasteiger partial charge is 0.444 e. The predicted octanol–water partition coefficient (Wildman–Crippen LogP) is 4.12. The van der Waals surface area contributed by atoms with E-state index < -0.39 is 42.0 Å². The molecule has 10 heteroatoms. The van der Waals surface area contributed by atoms with E-state index in [0.717, 1.165) is 6.42 Å². The molecule has 2 aromatic rings. The molecule has 0 spiro atoms. The van der Waals surface area contributed by atoms with Crippen LogP contribution in [0.3, 0.4) is 0 Å². The van der Waals surface area contributed by atoms with Gasteiger partial charge in [-0.2, -0.15) is 15.0 Å². The molecule has 38 heavy (non-hydrogen) atoms. The summed E-state index contributed by atoms with van der Waals surface area (Å²) in [6, 6.07) is 4.65. The summed E-state index contributed by atoms with van der Waals surface area (Å²) in [5.41, 5.74) is 8.12. The summed E-state index contributed by atoms with van der Waals surface area (Å²) in [5, 5.41) is 23.0. The summed E-state index contributed by atoms with van der Waals surface area (Å²) in [6.45, 7) is 11.4. The Morgan fingerprint density at radius 1 is 1.29 bits per heavy atom. The van der Waals surface area contributed by atoms with E-state index in [0.29, 0.717) is 35.4 Å². The highest BCUT2D eigenvalue weighted by Gasteiger charge is 2.41. The lowest BCUT2D eigenvalue weighted by atomic mass is 9.84. The van der Waals surface area contributed by atoms with Crippen LogP contribution in [0.2, 0.25) is 0 Å². The summed E-state index contributed by atoms with van der Waals surface area (Å²) < 4.78 is 20.5. The van der Waals surface area contributed by atoms with Crippen molar-refractivity contribution in [2.45, 2.75) is 82.8 Å². The third kappa shape index (κ3) is 5.91. The zero-order valence-electron chi connectivity index (χ0n) is 22.3. The second kappa shape index (κ2) is 11.0. The minimum atomic E-state index is -0.967. The number of amides is 1. The molecular formula is C28H37FN6O3. The highest BCUT2D eigenvalue weighted by atomic mass is 19.1. The van der Waals surface area contributed by atoms with Crippen LogP contribution in [0, 0.1) is 5.82 Å². The number of aliphatic hydroxyl groups excluding tert-OH is 1. The van der Waals surface area contributed by atoms with Gasteiger partial charge in [-0.05, 0) is 70.7 Å². The zero-order valence-corrected chi connectivity index (χ0v) is 22.3. The first kappa shape index (κ1) is 27.4. The van der Waals surface area contributed by atoms with E-state index in [-0.39, 0.29) is 5.82 Å². The van der Waals surface area contributed by atoms with E-state index in [2.05, 4.69) is 22.1 Å². The van der Waals surface area contributed by atoms with Crippen molar-refractivity contribution in [2.75, 3.05) is 0 Å². The standard InChI is InChI=1S/C28H37FN6O3/c1-17-15-21(30)25(16-24(17)35-31-13-14-32-35)34(18(2)19-9-6-7-10-20(19)29)23-12-8-11-22(26(23)36)33-27(37)38-28(3,4)5/h6-7,9-10,13-16,18,22-24,26,36H,1,8,11-12,30H2,2-5H3,(H,33,37)/t18?,22?,23?,24?,26-/m1/s1. The van der Waals surface area contributed by atoms with Crippen molar-refractivity contribution in [1.29, 1.82) is 0 Å². The molecular weight excluding hydrogens is 487 g/mol. The molecule has 5 atom stereocenters. The molecule has 2 aliphatic carbocycles. The molecule has 1 saturated carbocycles. The van der Waals surface area contributed by atoms with Crippen LogP contribution in [0.15, 0.2) is 72.4 Å². The molecule has 1 aromatic carbocycles. The van der Waals surface area contributed by atoms with Gasteiger partial charge in [0, 0.05) is 5.56 Å². The lowest BCUT2D eigenvalue weighted by molar-refractivity contribution is -0.00867. The number of carbonyl (C=O) groups is 1. The molecule has 1 heterocycles. The molecule has 1 amide bonds. The third-order valence-corrected chi connectivity index (χ3v) is 6.95. The summed E-state index contributed by atoms with van der Waals surface area (Å²) in [6.07, 6.45) is 7.20. The number of alkyl carbamates (subject to hydrolysis) is 1. The summed E-state index contributed by atoms with van der Waals surface area (Å²) >= 11 is 0.